The van der Waals surface area contributed by atoms with Crippen LogP contribution in [0, 0.1) is 11.8 Å². The number of nitrogens with one attached hydrogen (secondary N) is 6. The van der Waals surface area contributed by atoms with E-state index in [-0.39, 0.29) is 132 Å². The van der Waals surface area contributed by atoms with Crippen LogP contribution in [0.3, 0.4) is 0 Å². The standard InChI is InChI=1S/C53H96N6O14/c1-42(60)45(54-2)21-19-20-30-55-49(63)40-72-37-36-71-34-32-57-50(64)41-73-38-35-70-33-31-56-48(62)29-28-46(53(68)69)59-52(67)44-26-24-43(25-27-44)39-58-47(61)22-17-15-13-11-9-7-5-3-4-6-8-10-12-14-16-18-23-51(65)66/h43-46,54H,3-41H2,1-2H3,(H,55,63)(H,56,62)(H,57,64)(H,58,61)(H,59,67)(H,65,66)(H,68,69)/t43?,44?,45-,46-/m0/s1. The monoisotopic (exact) mass is 1040 g/mol. The molecular formula is C53H96N6O14. The molecule has 8 N–H and O–H groups in total. The smallest absolute Gasteiger partial charge is 0.326 e. The molecule has 0 unspecified atom stereocenters. The minimum atomic E-state index is -1.20. The molecule has 0 aromatic carbocycles. The lowest BCUT2D eigenvalue weighted by Crippen LogP contribution is -2.45. The van der Waals surface area contributed by atoms with Crippen LogP contribution >= 0.6 is 0 Å². The van der Waals surface area contributed by atoms with E-state index in [4.69, 9.17) is 24.1 Å². The lowest BCUT2D eigenvalue weighted by molar-refractivity contribution is -0.143. The van der Waals surface area contributed by atoms with Gasteiger partial charge in [-0.05, 0) is 84.1 Å². The van der Waals surface area contributed by atoms with E-state index >= 15 is 0 Å². The molecule has 0 saturated heterocycles. The maximum absolute atomic E-state index is 13.0. The SMILES string of the molecule is CN[C@@H](CCCCNC(=O)COCCOCCNC(=O)COCCOCCNC(=O)CC[C@H](NC(=O)C1CCC(CNC(=O)CCCCCCCCCCCCCCCCCCC(=O)O)CC1)C(=O)O)C(C)=O. The summed E-state index contributed by atoms with van der Waals surface area (Å²) in [6, 6.07) is -1.34. The third-order valence-electron chi connectivity index (χ3n) is 13.1. The van der Waals surface area contributed by atoms with Gasteiger partial charge in [0.1, 0.15) is 25.0 Å². The second kappa shape index (κ2) is 46.3. The lowest BCUT2D eigenvalue weighted by atomic mass is 9.81. The molecule has 422 valence electrons. The van der Waals surface area contributed by atoms with Crippen molar-refractivity contribution in [1.82, 2.24) is 31.9 Å². The molecule has 0 aliphatic heterocycles. The minimum absolute atomic E-state index is 0.0556. The molecule has 1 rings (SSSR count). The van der Waals surface area contributed by atoms with Crippen molar-refractivity contribution in [1.29, 1.82) is 0 Å². The van der Waals surface area contributed by atoms with Crippen LogP contribution in [0.2, 0.25) is 0 Å². The first kappa shape index (κ1) is 66.8. The van der Waals surface area contributed by atoms with Gasteiger partial charge in [0.2, 0.25) is 29.5 Å². The van der Waals surface area contributed by atoms with E-state index in [1.165, 1.54) is 64.2 Å². The number of amides is 5. The number of carbonyl (C=O) groups is 8. The van der Waals surface area contributed by atoms with Crippen molar-refractivity contribution in [3.63, 3.8) is 0 Å². The Morgan fingerprint density at radius 1 is 0.466 bits per heavy atom. The molecule has 0 bridgehead atoms. The van der Waals surface area contributed by atoms with Gasteiger partial charge in [-0.2, -0.15) is 0 Å². The number of ketones is 1. The molecule has 1 fully saturated rings. The molecular weight excluding hydrogens is 945 g/mol. The van der Waals surface area contributed by atoms with Gasteiger partial charge in [0.25, 0.3) is 0 Å². The first-order valence-electron chi connectivity index (χ1n) is 27.6. The Morgan fingerprint density at radius 2 is 0.918 bits per heavy atom. The van der Waals surface area contributed by atoms with Gasteiger partial charge >= 0.3 is 11.9 Å². The number of rotatable bonds is 50. The summed E-state index contributed by atoms with van der Waals surface area (Å²) < 4.78 is 21.4. The van der Waals surface area contributed by atoms with Gasteiger partial charge < -0.3 is 61.1 Å². The Bertz CT molecular complexity index is 1510. The van der Waals surface area contributed by atoms with Crippen molar-refractivity contribution in [2.45, 2.75) is 192 Å². The van der Waals surface area contributed by atoms with E-state index in [0.29, 0.717) is 38.8 Å². The van der Waals surface area contributed by atoms with Crippen LogP contribution < -0.4 is 31.9 Å². The number of Topliss-reactive ketones (excluding diaryl/α,β-unsaturated/α-hetero) is 1. The number of hydrogen-bond acceptors (Lipinski definition) is 13. The van der Waals surface area contributed by atoms with E-state index in [2.05, 4.69) is 31.9 Å². The molecule has 2 atom stereocenters. The molecule has 20 nitrogen and oxygen atoms in total. The zero-order valence-electron chi connectivity index (χ0n) is 44.7. The number of hydrogen-bond donors (Lipinski definition) is 8. The van der Waals surface area contributed by atoms with E-state index in [1.54, 1.807) is 14.0 Å². The predicted molar refractivity (Wildman–Crippen MR) is 278 cm³/mol. The predicted octanol–water partition coefficient (Wildman–Crippen LogP) is 5.13. The second-order valence-corrected chi connectivity index (χ2v) is 19.3. The van der Waals surface area contributed by atoms with Crippen molar-refractivity contribution in [2.75, 3.05) is 86.1 Å². The maximum Gasteiger partial charge on any atom is 0.326 e. The van der Waals surface area contributed by atoms with Gasteiger partial charge in [-0.1, -0.05) is 89.9 Å². The zero-order chi connectivity index (χ0) is 53.6. The van der Waals surface area contributed by atoms with Crippen LogP contribution in [-0.4, -0.2) is 156 Å². The Hall–Kier alpha value is -4.24. The Kier molecular flexibility index (Phi) is 42.4. The Morgan fingerprint density at radius 3 is 1.40 bits per heavy atom. The summed E-state index contributed by atoms with van der Waals surface area (Å²) in [5.74, 6) is -3.00. The number of carbonyl (C=O) groups excluding carboxylic acids is 6. The minimum Gasteiger partial charge on any atom is -0.481 e. The van der Waals surface area contributed by atoms with Crippen LogP contribution in [0.4, 0.5) is 0 Å². The van der Waals surface area contributed by atoms with Gasteiger partial charge in [0, 0.05) is 51.4 Å². The van der Waals surface area contributed by atoms with Crippen LogP contribution in [0.15, 0.2) is 0 Å². The van der Waals surface area contributed by atoms with Crippen LogP contribution in [0.25, 0.3) is 0 Å². The highest BCUT2D eigenvalue weighted by molar-refractivity contribution is 5.86. The molecule has 5 amide bonds. The quantitative estimate of drug-likeness (QED) is 0.0367. The fourth-order valence-corrected chi connectivity index (χ4v) is 8.57. The number of likely N-dealkylation sites (N-methyl/N-ethyl adjacent to an activating group) is 1. The van der Waals surface area contributed by atoms with Crippen LogP contribution in [0.1, 0.15) is 180 Å². The van der Waals surface area contributed by atoms with E-state index in [1.807, 2.05) is 0 Å². The van der Waals surface area contributed by atoms with E-state index in [9.17, 15) is 43.5 Å². The van der Waals surface area contributed by atoms with Crippen molar-refractivity contribution in [3.8, 4) is 0 Å². The third kappa shape index (κ3) is 40.8. The highest BCUT2D eigenvalue weighted by Crippen LogP contribution is 2.29. The third-order valence-corrected chi connectivity index (χ3v) is 13.1. The van der Waals surface area contributed by atoms with Crippen molar-refractivity contribution >= 4 is 47.3 Å². The van der Waals surface area contributed by atoms with Gasteiger partial charge in [-0.15, -0.1) is 0 Å². The molecule has 1 saturated carbocycles. The molecule has 1 aliphatic carbocycles. The van der Waals surface area contributed by atoms with Gasteiger partial charge in [0.05, 0.1) is 45.7 Å². The molecule has 0 spiro atoms. The highest BCUT2D eigenvalue weighted by atomic mass is 16.5. The summed E-state index contributed by atoms with van der Waals surface area (Å²) in [4.78, 5) is 95.5. The van der Waals surface area contributed by atoms with Crippen LogP contribution in [-0.2, 0) is 57.3 Å². The van der Waals surface area contributed by atoms with Gasteiger partial charge in [0.15, 0.2) is 0 Å². The van der Waals surface area contributed by atoms with Crippen molar-refractivity contribution < 1.29 is 67.5 Å². The second-order valence-electron chi connectivity index (χ2n) is 19.3. The molecule has 0 aromatic rings. The molecule has 0 aromatic heterocycles. The fourth-order valence-electron chi connectivity index (χ4n) is 8.57. The number of carboxylic acid groups (broad SMARTS) is 2. The van der Waals surface area contributed by atoms with Crippen molar-refractivity contribution in [3.05, 3.63) is 0 Å². The molecule has 1 aliphatic rings. The first-order chi connectivity index (χ1) is 35.3. The van der Waals surface area contributed by atoms with Crippen LogP contribution in [0.5, 0.6) is 0 Å². The summed E-state index contributed by atoms with van der Waals surface area (Å²) in [5, 5.41) is 35.2. The van der Waals surface area contributed by atoms with Gasteiger partial charge in [-0.25, -0.2) is 4.79 Å². The average molecular weight is 1040 g/mol. The summed E-state index contributed by atoms with van der Waals surface area (Å²) >= 11 is 0. The van der Waals surface area contributed by atoms with Gasteiger partial charge in [-0.3, -0.25) is 33.6 Å². The largest absolute Gasteiger partial charge is 0.481 e. The highest BCUT2D eigenvalue weighted by Gasteiger charge is 2.30. The topological polar surface area (TPSA) is 286 Å². The molecule has 20 heteroatoms. The summed E-state index contributed by atoms with van der Waals surface area (Å²) in [7, 11) is 1.75. The zero-order valence-corrected chi connectivity index (χ0v) is 44.7. The normalized spacial score (nSPS) is 15.2. The Balaban J connectivity index is 1.97. The molecule has 0 heterocycles. The molecule has 0 radical (unpaired) electrons. The van der Waals surface area contributed by atoms with Crippen molar-refractivity contribution in [2.24, 2.45) is 11.8 Å². The number of ether oxygens (including phenoxy) is 4. The van der Waals surface area contributed by atoms with E-state index in [0.717, 1.165) is 70.6 Å². The first-order valence-corrected chi connectivity index (χ1v) is 27.6. The number of unbranched alkanes of at least 4 members (excludes halogenated alkanes) is 16. The number of carboxylic acids is 2. The maximum atomic E-state index is 13.0. The number of aliphatic carboxylic acids is 2. The lowest BCUT2D eigenvalue weighted by Gasteiger charge is -2.28. The summed E-state index contributed by atoms with van der Waals surface area (Å²) in [6.45, 7) is 4.15. The summed E-state index contributed by atoms with van der Waals surface area (Å²) in [6.07, 6.45) is 24.5. The Labute approximate surface area is 435 Å². The van der Waals surface area contributed by atoms with E-state index < -0.39 is 18.0 Å². The average Bonchev–Trinajstić information content (AvgIpc) is 3.36. The molecule has 73 heavy (non-hydrogen) atoms. The fraction of sp³-hybridized carbons (Fsp3) is 0.849. The summed E-state index contributed by atoms with van der Waals surface area (Å²) in [5.41, 5.74) is 0.